The number of hydrogen-bond donors (Lipinski definition) is 0. The van der Waals surface area contributed by atoms with E-state index in [9.17, 15) is 0 Å². The summed E-state index contributed by atoms with van der Waals surface area (Å²) in [6.45, 7) is 0. The highest BCUT2D eigenvalue weighted by Gasteiger charge is 2.18. The van der Waals surface area contributed by atoms with Gasteiger partial charge in [-0.1, -0.05) is 133 Å². The second-order valence-electron chi connectivity index (χ2n) is 12.0. The lowest BCUT2D eigenvalue weighted by Crippen LogP contribution is -2.00. The molecule has 47 heavy (non-hydrogen) atoms. The lowest BCUT2D eigenvalue weighted by atomic mass is 9.93. The van der Waals surface area contributed by atoms with Crippen molar-refractivity contribution in [3.63, 3.8) is 0 Å². The Morgan fingerprint density at radius 2 is 1.00 bits per heavy atom. The van der Waals surface area contributed by atoms with Crippen LogP contribution in [0.3, 0.4) is 0 Å². The average Bonchev–Trinajstić information content (AvgIpc) is 3.53. The van der Waals surface area contributed by atoms with Gasteiger partial charge in [0.15, 0.2) is 17.5 Å². The van der Waals surface area contributed by atoms with E-state index < -0.39 is 0 Å². The third-order valence-electron chi connectivity index (χ3n) is 9.29. The molecular formula is C43H25N3O. The number of benzene rings is 8. The van der Waals surface area contributed by atoms with Crippen LogP contribution in [0.25, 0.3) is 99.2 Å². The Balaban J connectivity index is 1.21. The van der Waals surface area contributed by atoms with Crippen LogP contribution in [0.2, 0.25) is 0 Å². The van der Waals surface area contributed by atoms with Crippen molar-refractivity contribution >= 4 is 65.0 Å². The number of furan rings is 1. The van der Waals surface area contributed by atoms with Gasteiger partial charge >= 0.3 is 0 Å². The molecule has 0 bridgehead atoms. The van der Waals surface area contributed by atoms with Gasteiger partial charge in [0.05, 0.1) is 0 Å². The van der Waals surface area contributed by atoms with E-state index in [2.05, 4.69) is 91.0 Å². The Morgan fingerprint density at radius 1 is 0.340 bits per heavy atom. The Morgan fingerprint density at radius 3 is 1.91 bits per heavy atom. The summed E-state index contributed by atoms with van der Waals surface area (Å²) in [5.41, 5.74) is 4.44. The minimum atomic E-state index is 0.613. The van der Waals surface area contributed by atoms with Crippen molar-refractivity contribution in [3.8, 4) is 34.2 Å². The second-order valence-corrected chi connectivity index (χ2v) is 12.0. The molecule has 8 aromatic carbocycles. The van der Waals surface area contributed by atoms with Gasteiger partial charge in [0.25, 0.3) is 0 Å². The number of hydrogen-bond acceptors (Lipinski definition) is 4. The summed E-state index contributed by atoms with van der Waals surface area (Å²) in [7, 11) is 0. The molecule has 0 saturated carbocycles. The fourth-order valence-corrected chi connectivity index (χ4v) is 7.09. The summed E-state index contributed by atoms with van der Waals surface area (Å²) in [6.07, 6.45) is 0. The molecule has 218 valence electrons. The van der Waals surface area contributed by atoms with Crippen molar-refractivity contribution in [2.24, 2.45) is 0 Å². The summed E-state index contributed by atoms with van der Waals surface area (Å²) in [5, 5.41) is 11.9. The number of para-hydroxylation sites is 1. The van der Waals surface area contributed by atoms with Crippen molar-refractivity contribution in [1.82, 2.24) is 15.0 Å². The number of rotatable bonds is 3. The minimum absolute atomic E-state index is 0.613. The predicted octanol–water partition coefficient (Wildman–Crippen LogP) is 11.4. The zero-order valence-corrected chi connectivity index (χ0v) is 25.2. The number of fused-ring (bicyclic) bond motifs is 10. The minimum Gasteiger partial charge on any atom is -0.456 e. The maximum absolute atomic E-state index is 6.21. The molecule has 10 rings (SSSR count). The first-order valence-electron chi connectivity index (χ1n) is 15.8. The van der Waals surface area contributed by atoms with Crippen LogP contribution in [-0.4, -0.2) is 15.0 Å². The molecule has 4 nitrogen and oxygen atoms in total. The molecule has 0 atom stereocenters. The third-order valence-corrected chi connectivity index (χ3v) is 9.29. The molecule has 0 aliphatic carbocycles. The van der Waals surface area contributed by atoms with Crippen LogP contribution in [0.4, 0.5) is 0 Å². The van der Waals surface area contributed by atoms with E-state index >= 15 is 0 Å². The Labute approximate surface area is 269 Å². The van der Waals surface area contributed by atoms with E-state index in [1.165, 1.54) is 37.7 Å². The van der Waals surface area contributed by atoms with Crippen LogP contribution in [0, 0.1) is 0 Å². The van der Waals surface area contributed by atoms with Crippen molar-refractivity contribution in [3.05, 3.63) is 152 Å². The van der Waals surface area contributed by atoms with Crippen LogP contribution in [0.5, 0.6) is 0 Å². The van der Waals surface area contributed by atoms with Crippen molar-refractivity contribution in [2.45, 2.75) is 0 Å². The highest BCUT2D eigenvalue weighted by Crippen LogP contribution is 2.39. The van der Waals surface area contributed by atoms with Gasteiger partial charge in [-0.05, 0) is 61.3 Å². The molecule has 0 fully saturated rings. The lowest BCUT2D eigenvalue weighted by molar-refractivity contribution is 0.669. The largest absolute Gasteiger partial charge is 0.456 e. The van der Waals surface area contributed by atoms with E-state index in [0.29, 0.717) is 17.5 Å². The van der Waals surface area contributed by atoms with Crippen LogP contribution in [0.1, 0.15) is 0 Å². The van der Waals surface area contributed by atoms with Gasteiger partial charge < -0.3 is 4.42 Å². The van der Waals surface area contributed by atoms with Gasteiger partial charge in [-0.2, -0.15) is 0 Å². The average molecular weight is 600 g/mol. The number of nitrogens with zero attached hydrogens (tertiary/aromatic N) is 3. The zero-order valence-electron chi connectivity index (χ0n) is 25.2. The Kier molecular flexibility index (Phi) is 5.54. The summed E-state index contributed by atoms with van der Waals surface area (Å²) in [6, 6.07) is 52.9. The topological polar surface area (TPSA) is 51.8 Å². The standard InChI is InChI=1S/C43H25N3O/c1-2-10-28(11-3-1)41-44-42(46-43(45-41)36-14-8-16-38-40(36)35-13-6-7-15-37(35)47-38)30-21-22-32-29(25-30)18-17-27-20-23-33-31-12-5-4-9-26(31)19-24-34(33)39(27)32/h1-25H. The van der Waals surface area contributed by atoms with E-state index in [1.807, 2.05) is 60.7 Å². The molecule has 0 unspecified atom stereocenters. The zero-order chi connectivity index (χ0) is 30.9. The molecule has 2 aromatic heterocycles. The van der Waals surface area contributed by atoms with Crippen LogP contribution >= 0.6 is 0 Å². The lowest BCUT2D eigenvalue weighted by Gasteiger charge is -2.12. The van der Waals surface area contributed by atoms with Gasteiger partial charge in [-0.25, -0.2) is 15.0 Å². The molecule has 10 aromatic rings. The molecule has 0 N–H and O–H groups in total. The first-order chi connectivity index (χ1) is 23.3. The smallest absolute Gasteiger partial charge is 0.164 e. The van der Waals surface area contributed by atoms with Crippen molar-refractivity contribution < 1.29 is 4.42 Å². The van der Waals surface area contributed by atoms with Crippen LogP contribution < -0.4 is 0 Å². The maximum Gasteiger partial charge on any atom is 0.164 e. The molecule has 0 radical (unpaired) electrons. The fraction of sp³-hybridized carbons (Fsp3) is 0. The molecule has 0 aliphatic rings. The monoisotopic (exact) mass is 599 g/mol. The quantitative estimate of drug-likeness (QED) is 0.190. The second kappa shape index (κ2) is 10.1. The Bertz CT molecular complexity index is 2850. The van der Waals surface area contributed by atoms with E-state index in [0.717, 1.165) is 44.0 Å². The highest BCUT2D eigenvalue weighted by atomic mass is 16.3. The maximum atomic E-state index is 6.21. The predicted molar refractivity (Wildman–Crippen MR) is 193 cm³/mol. The molecule has 0 spiro atoms. The number of aromatic nitrogens is 3. The van der Waals surface area contributed by atoms with Crippen molar-refractivity contribution in [2.75, 3.05) is 0 Å². The van der Waals surface area contributed by atoms with E-state index in [-0.39, 0.29) is 0 Å². The molecule has 0 saturated heterocycles. The first-order valence-corrected chi connectivity index (χ1v) is 15.8. The van der Waals surface area contributed by atoms with Crippen molar-refractivity contribution in [1.29, 1.82) is 0 Å². The normalized spacial score (nSPS) is 11.8. The fourth-order valence-electron chi connectivity index (χ4n) is 7.09. The third kappa shape index (κ3) is 4.05. The van der Waals surface area contributed by atoms with Gasteiger partial charge in [0.2, 0.25) is 0 Å². The van der Waals surface area contributed by atoms with Gasteiger partial charge in [-0.15, -0.1) is 0 Å². The van der Waals surface area contributed by atoms with Gasteiger partial charge in [0, 0.05) is 27.5 Å². The summed E-state index contributed by atoms with van der Waals surface area (Å²) in [5.74, 6) is 1.87. The Hall–Kier alpha value is -6.39. The molecule has 4 heteroatoms. The summed E-state index contributed by atoms with van der Waals surface area (Å²) < 4.78 is 6.21. The molecule has 2 heterocycles. The first kappa shape index (κ1) is 25.9. The highest BCUT2D eigenvalue weighted by molar-refractivity contribution is 6.24. The summed E-state index contributed by atoms with van der Waals surface area (Å²) in [4.78, 5) is 15.2. The van der Waals surface area contributed by atoms with E-state index in [4.69, 9.17) is 19.4 Å². The summed E-state index contributed by atoms with van der Waals surface area (Å²) >= 11 is 0. The molecular weight excluding hydrogens is 574 g/mol. The van der Waals surface area contributed by atoms with Crippen LogP contribution in [0.15, 0.2) is 156 Å². The molecule has 0 aliphatic heterocycles. The molecule has 0 amide bonds. The van der Waals surface area contributed by atoms with E-state index in [1.54, 1.807) is 0 Å². The SMILES string of the molecule is c1ccc(-c2nc(-c3ccc4c(ccc5ccc6c7ccccc7ccc6c54)c3)nc(-c3cccc4oc5ccccc5c34)n2)cc1. The van der Waals surface area contributed by atoms with Gasteiger partial charge in [-0.3, -0.25) is 0 Å². The van der Waals surface area contributed by atoms with Crippen LogP contribution in [-0.2, 0) is 0 Å². The van der Waals surface area contributed by atoms with Gasteiger partial charge in [0.1, 0.15) is 11.2 Å².